The van der Waals surface area contributed by atoms with Gasteiger partial charge in [-0.25, -0.2) is 0 Å². The fourth-order valence-electron chi connectivity index (χ4n) is 2.36. The zero-order valence-electron chi connectivity index (χ0n) is 12.6. The lowest BCUT2D eigenvalue weighted by Gasteiger charge is -2.44. The van der Waals surface area contributed by atoms with Crippen LogP contribution in [0.2, 0.25) is 23.7 Å². The van der Waals surface area contributed by atoms with Gasteiger partial charge in [-0.05, 0) is 11.5 Å². The standard InChI is InChI=1S/C14H29IOSi/c1-8-10-14(4,5)17(6,7)11(3)13(16)12(15)9-2/h11-12H,8-10H2,1-7H3/t11-,12-/m0/s1. The highest BCUT2D eigenvalue weighted by Crippen LogP contribution is 2.48. The van der Waals surface area contributed by atoms with Crippen LogP contribution in [0.3, 0.4) is 0 Å². The maximum Gasteiger partial charge on any atom is 0.145 e. The van der Waals surface area contributed by atoms with Crippen LogP contribution in [0.1, 0.15) is 53.9 Å². The van der Waals surface area contributed by atoms with Crippen LogP contribution in [0.25, 0.3) is 0 Å². The molecule has 0 radical (unpaired) electrons. The summed E-state index contributed by atoms with van der Waals surface area (Å²) < 4.78 is 0.201. The zero-order chi connectivity index (χ0) is 13.9. The molecule has 0 fully saturated rings. The molecule has 0 saturated heterocycles. The Labute approximate surface area is 122 Å². The van der Waals surface area contributed by atoms with Crippen molar-refractivity contribution in [3.63, 3.8) is 0 Å². The Kier molecular flexibility index (Phi) is 6.93. The Morgan fingerprint density at radius 2 is 1.76 bits per heavy atom. The van der Waals surface area contributed by atoms with Crippen molar-refractivity contribution in [2.24, 2.45) is 0 Å². The molecule has 102 valence electrons. The molecular formula is C14H29IOSi. The van der Waals surface area contributed by atoms with Gasteiger partial charge in [0.1, 0.15) is 5.78 Å². The molecule has 0 aromatic heterocycles. The summed E-state index contributed by atoms with van der Waals surface area (Å²) in [5, 5.41) is 0.348. The van der Waals surface area contributed by atoms with E-state index in [4.69, 9.17) is 0 Å². The topological polar surface area (TPSA) is 17.1 Å². The van der Waals surface area contributed by atoms with Crippen LogP contribution < -0.4 is 0 Å². The molecule has 17 heavy (non-hydrogen) atoms. The van der Waals surface area contributed by atoms with Crippen LogP contribution >= 0.6 is 22.6 Å². The van der Waals surface area contributed by atoms with Crippen LogP contribution in [0.5, 0.6) is 0 Å². The molecule has 0 saturated carbocycles. The molecule has 0 aromatic carbocycles. The minimum atomic E-state index is -1.55. The predicted octanol–water partition coefficient (Wildman–Crippen LogP) is 5.45. The minimum absolute atomic E-state index is 0.201. The maximum atomic E-state index is 12.4. The highest BCUT2D eigenvalue weighted by Gasteiger charge is 2.45. The van der Waals surface area contributed by atoms with Crippen molar-refractivity contribution in [1.82, 2.24) is 0 Å². The Bertz CT molecular complexity index is 261. The van der Waals surface area contributed by atoms with E-state index in [0.29, 0.717) is 10.8 Å². The Hall–Kier alpha value is 0.617. The molecule has 0 spiro atoms. The van der Waals surface area contributed by atoms with Crippen molar-refractivity contribution < 1.29 is 4.79 Å². The number of Topliss-reactive ketones (excluding diaryl/α,β-unsaturated/α-hetero) is 1. The summed E-state index contributed by atoms with van der Waals surface area (Å²) in [5.41, 5.74) is 0.269. The average molecular weight is 368 g/mol. The molecule has 0 aliphatic rings. The molecule has 0 unspecified atom stereocenters. The first-order chi connectivity index (χ1) is 7.61. The van der Waals surface area contributed by atoms with Gasteiger partial charge in [0.25, 0.3) is 0 Å². The molecule has 0 aliphatic heterocycles. The second kappa shape index (κ2) is 6.69. The summed E-state index contributed by atoms with van der Waals surface area (Å²) in [5.74, 6) is 0.481. The molecule has 3 heteroatoms. The van der Waals surface area contributed by atoms with Gasteiger partial charge < -0.3 is 0 Å². The van der Waals surface area contributed by atoms with E-state index in [1.807, 2.05) is 0 Å². The summed E-state index contributed by atoms with van der Waals surface area (Å²) in [6.07, 6.45) is 3.41. The van der Waals surface area contributed by atoms with Crippen molar-refractivity contribution >= 4 is 36.4 Å². The van der Waals surface area contributed by atoms with Crippen molar-refractivity contribution in [2.45, 2.75) is 81.5 Å². The van der Waals surface area contributed by atoms with Gasteiger partial charge in [-0.2, -0.15) is 0 Å². The van der Waals surface area contributed by atoms with Crippen LogP contribution in [0, 0.1) is 0 Å². The second-order valence-corrected chi connectivity index (χ2v) is 13.5. The van der Waals surface area contributed by atoms with Crippen LogP contribution in [-0.2, 0) is 4.79 Å². The Morgan fingerprint density at radius 1 is 1.29 bits per heavy atom. The van der Waals surface area contributed by atoms with Crippen molar-refractivity contribution in [2.75, 3.05) is 0 Å². The molecule has 0 N–H and O–H groups in total. The molecule has 0 heterocycles. The van der Waals surface area contributed by atoms with E-state index in [1.54, 1.807) is 0 Å². The van der Waals surface area contributed by atoms with Gasteiger partial charge in [-0.1, -0.05) is 83.1 Å². The molecule has 2 atom stereocenters. The number of hydrogen-bond acceptors (Lipinski definition) is 1. The monoisotopic (exact) mass is 368 g/mol. The van der Waals surface area contributed by atoms with E-state index >= 15 is 0 Å². The molecular weight excluding hydrogens is 339 g/mol. The fraction of sp³-hybridized carbons (Fsp3) is 0.929. The van der Waals surface area contributed by atoms with E-state index in [1.165, 1.54) is 12.8 Å². The van der Waals surface area contributed by atoms with Crippen LogP contribution in [-0.4, -0.2) is 17.8 Å². The normalized spacial score (nSPS) is 16.7. The van der Waals surface area contributed by atoms with Crippen molar-refractivity contribution in [3.8, 4) is 0 Å². The highest BCUT2D eigenvalue weighted by molar-refractivity contribution is 14.1. The maximum absolute atomic E-state index is 12.4. The number of hydrogen-bond donors (Lipinski definition) is 0. The number of halogens is 1. The SMILES string of the molecule is CCCC(C)(C)[Si](C)(C)[C@@H](C)C(=O)[C@@H](I)CC. The highest BCUT2D eigenvalue weighted by atomic mass is 127. The predicted molar refractivity (Wildman–Crippen MR) is 89.0 cm³/mol. The molecule has 0 amide bonds. The molecule has 0 rings (SSSR count). The average Bonchev–Trinajstić information content (AvgIpc) is 2.25. The van der Waals surface area contributed by atoms with Gasteiger partial charge in [0, 0.05) is 5.54 Å². The van der Waals surface area contributed by atoms with E-state index in [9.17, 15) is 4.79 Å². The molecule has 0 aliphatic carbocycles. The fourth-order valence-corrected chi connectivity index (χ4v) is 6.22. The van der Waals surface area contributed by atoms with Gasteiger partial charge >= 0.3 is 0 Å². The lowest BCUT2D eigenvalue weighted by atomic mass is 10.1. The minimum Gasteiger partial charge on any atom is -0.299 e. The third-order valence-electron chi connectivity index (χ3n) is 4.80. The molecule has 0 aromatic rings. The lowest BCUT2D eigenvalue weighted by Crippen LogP contribution is -2.46. The van der Waals surface area contributed by atoms with Crippen molar-refractivity contribution in [1.29, 1.82) is 0 Å². The van der Waals surface area contributed by atoms with E-state index in [-0.39, 0.29) is 9.47 Å². The number of carbonyl (C=O) groups excluding carboxylic acids is 1. The zero-order valence-corrected chi connectivity index (χ0v) is 15.7. The molecule has 1 nitrogen and oxygen atoms in total. The van der Waals surface area contributed by atoms with Gasteiger partial charge in [0.2, 0.25) is 0 Å². The third kappa shape index (κ3) is 4.05. The lowest BCUT2D eigenvalue weighted by molar-refractivity contribution is -0.118. The van der Waals surface area contributed by atoms with E-state index in [0.717, 1.165) is 6.42 Å². The van der Waals surface area contributed by atoms with Crippen molar-refractivity contribution in [3.05, 3.63) is 0 Å². The summed E-state index contributed by atoms with van der Waals surface area (Å²) in [6.45, 7) is 16.0. The van der Waals surface area contributed by atoms with E-state index in [2.05, 4.69) is 70.3 Å². The first kappa shape index (κ1) is 17.6. The smallest absolute Gasteiger partial charge is 0.145 e. The van der Waals surface area contributed by atoms with E-state index < -0.39 is 8.07 Å². The summed E-state index contributed by atoms with van der Waals surface area (Å²) in [4.78, 5) is 12.4. The number of rotatable bonds is 7. The Morgan fingerprint density at radius 3 is 2.12 bits per heavy atom. The number of alkyl halides is 1. The summed E-state index contributed by atoms with van der Waals surface area (Å²) in [6, 6.07) is 0. The summed E-state index contributed by atoms with van der Waals surface area (Å²) in [7, 11) is -1.55. The van der Waals surface area contributed by atoms with Crippen LogP contribution in [0.4, 0.5) is 0 Å². The third-order valence-corrected chi connectivity index (χ3v) is 12.5. The van der Waals surface area contributed by atoms with Gasteiger partial charge in [-0.15, -0.1) is 0 Å². The van der Waals surface area contributed by atoms with Crippen LogP contribution in [0.15, 0.2) is 0 Å². The van der Waals surface area contributed by atoms with Gasteiger partial charge in [0.05, 0.1) is 12.0 Å². The van der Waals surface area contributed by atoms with Gasteiger partial charge in [-0.3, -0.25) is 4.79 Å². The quantitative estimate of drug-likeness (QED) is 0.332. The van der Waals surface area contributed by atoms with Gasteiger partial charge in [0.15, 0.2) is 0 Å². The second-order valence-electron chi connectivity index (χ2n) is 6.36. The number of carbonyl (C=O) groups is 1. The largest absolute Gasteiger partial charge is 0.299 e. The first-order valence-corrected chi connectivity index (χ1v) is 11.1. The Balaban J connectivity index is 4.98. The number of ketones is 1. The summed E-state index contributed by atoms with van der Waals surface area (Å²) >= 11 is 2.31. The first-order valence-electron chi connectivity index (χ1n) is 6.79. The molecule has 0 bridgehead atoms.